The van der Waals surface area contributed by atoms with Crippen LogP contribution in [-0.2, 0) is 12.8 Å². The van der Waals surface area contributed by atoms with Gasteiger partial charge in [0.2, 0.25) is 0 Å². The molecule has 1 fully saturated rings. The molecule has 3 aliphatic rings. The van der Waals surface area contributed by atoms with Crippen LogP contribution in [0.4, 0.5) is 0 Å². The molecule has 0 spiro atoms. The molecule has 3 aliphatic carbocycles. The van der Waals surface area contributed by atoms with Gasteiger partial charge in [-0.1, -0.05) is 25.0 Å². The van der Waals surface area contributed by atoms with E-state index in [1.807, 2.05) is 0 Å². The third-order valence-corrected chi connectivity index (χ3v) is 9.32. The summed E-state index contributed by atoms with van der Waals surface area (Å²) in [6.45, 7) is 8.99. The van der Waals surface area contributed by atoms with E-state index in [4.69, 9.17) is 8.39 Å². The molecule has 0 N–H and O–H groups in total. The first-order valence-corrected chi connectivity index (χ1v) is 13.2. The lowest BCUT2D eigenvalue weighted by molar-refractivity contribution is 0.356. The zero-order valence-corrected chi connectivity index (χ0v) is 19.9. The molecule has 30 heavy (non-hydrogen) atoms. The maximum atomic E-state index is 6.78. The maximum Gasteiger partial charge on any atom is 0.310 e. The molecule has 0 radical (unpaired) electrons. The molecule has 0 amide bonds. The number of benzene rings is 1. The Bertz CT molecular complexity index is 996. The smallest absolute Gasteiger partial charge is 0.310 e. The standard InChI is InChI=1S/C26H36NO2P/c1-17(2)27(18(3)4)30-28-23-15-13-19-9-5-7-11-21(19)25(23)26-22-12-8-6-10-20(22)14-16-24(26)29-30/h13-19,21H,5-12H2,1-4H3. The summed E-state index contributed by atoms with van der Waals surface area (Å²) in [5.74, 6) is 2.33. The van der Waals surface area contributed by atoms with E-state index in [0.29, 0.717) is 23.9 Å². The van der Waals surface area contributed by atoms with Gasteiger partial charge in [0.05, 0.1) is 0 Å². The van der Waals surface area contributed by atoms with Gasteiger partial charge in [0.25, 0.3) is 0 Å². The second-order valence-electron chi connectivity index (χ2n) is 9.96. The van der Waals surface area contributed by atoms with Crippen LogP contribution in [-0.4, -0.2) is 12.1 Å². The van der Waals surface area contributed by atoms with Gasteiger partial charge in [-0.05, 0) is 101 Å². The topological polar surface area (TPSA) is 29.5 Å². The largest absolute Gasteiger partial charge is 0.408 e. The van der Waals surface area contributed by atoms with Crippen molar-refractivity contribution in [3.8, 4) is 0 Å². The van der Waals surface area contributed by atoms with Crippen molar-refractivity contribution in [2.45, 2.75) is 97.1 Å². The number of hydrogen-bond acceptors (Lipinski definition) is 3. The third-order valence-electron chi connectivity index (χ3n) is 7.31. The molecule has 162 valence electrons. The summed E-state index contributed by atoms with van der Waals surface area (Å²) in [6, 6.07) is 5.32. The summed E-state index contributed by atoms with van der Waals surface area (Å²) in [5.41, 5.74) is 5.62. The fourth-order valence-electron chi connectivity index (χ4n) is 6.05. The van der Waals surface area contributed by atoms with Crippen molar-refractivity contribution in [1.82, 2.24) is 0 Å². The van der Waals surface area contributed by atoms with Gasteiger partial charge in [0.1, 0.15) is 11.3 Å². The fourth-order valence-corrected chi connectivity index (χ4v) is 7.68. The quantitative estimate of drug-likeness (QED) is 0.498. The van der Waals surface area contributed by atoms with E-state index in [1.165, 1.54) is 67.9 Å². The predicted molar refractivity (Wildman–Crippen MR) is 128 cm³/mol. The minimum Gasteiger partial charge on any atom is -0.408 e. The predicted octanol–water partition coefficient (Wildman–Crippen LogP) is 8.07. The maximum absolute atomic E-state index is 6.78. The van der Waals surface area contributed by atoms with Crippen molar-refractivity contribution in [2.24, 2.45) is 5.92 Å². The molecule has 2 aromatic rings. The van der Waals surface area contributed by atoms with E-state index in [-0.39, 0.29) is 0 Å². The van der Waals surface area contributed by atoms with Gasteiger partial charge in [-0.15, -0.1) is 0 Å². The fraction of sp³-hybridized carbons (Fsp3) is 0.615. The van der Waals surface area contributed by atoms with Crippen molar-refractivity contribution in [3.05, 3.63) is 40.7 Å². The van der Waals surface area contributed by atoms with Gasteiger partial charge in [0, 0.05) is 23.0 Å². The number of aryl methyl sites for hydroxylation is 2. The first kappa shape index (κ1) is 20.5. The first-order chi connectivity index (χ1) is 14.5. The summed E-state index contributed by atoms with van der Waals surface area (Å²) in [5, 5.41) is 1.40. The average Bonchev–Trinajstić information content (AvgIpc) is 2.90. The summed E-state index contributed by atoms with van der Waals surface area (Å²) >= 11 is 0. The molecule has 1 heterocycles. The zero-order valence-electron chi connectivity index (χ0n) is 19.0. The molecule has 4 heteroatoms. The Hall–Kier alpha value is -1.44. The van der Waals surface area contributed by atoms with Crippen LogP contribution in [0.3, 0.4) is 0 Å². The number of allylic oxidation sites excluding steroid dienone is 1. The van der Waals surface area contributed by atoms with Crippen LogP contribution in [0.15, 0.2) is 26.6 Å². The highest BCUT2D eigenvalue weighted by molar-refractivity contribution is 7.38. The minimum atomic E-state index is -1.18. The van der Waals surface area contributed by atoms with E-state index < -0.39 is 8.16 Å². The number of rotatable bonds is 3. The number of nitrogens with zero attached hydrogens (tertiary/aromatic N) is 1. The molecule has 3 nitrogen and oxygen atoms in total. The van der Waals surface area contributed by atoms with E-state index >= 15 is 0 Å². The second kappa shape index (κ2) is 8.24. The van der Waals surface area contributed by atoms with Crippen LogP contribution in [0, 0.1) is 5.92 Å². The Balaban J connectivity index is 1.84. The first-order valence-electron chi connectivity index (χ1n) is 12.1. The van der Waals surface area contributed by atoms with Crippen LogP contribution in [0.5, 0.6) is 0 Å². The highest BCUT2D eigenvalue weighted by Gasteiger charge is 2.34. The van der Waals surface area contributed by atoms with Crippen molar-refractivity contribution in [1.29, 1.82) is 0 Å². The van der Waals surface area contributed by atoms with Gasteiger partial charge in [-0.2, -0.15) is 4.67 Å². The Kier molecular flexibility index (Phi) is 5.62. The molecule has 3 unspecified atom stereocenters. The van der Waals surface area contributed by atoms with E-state index in [1.54, 1.807) is 5.56 Å². The lowest BCUT2D eigenvalue weighted by Gasteiger charge is -2.33. The normalized spacial score (nSPS) is 23.6. The summed E-state index contributed by atoms with van der Waals surface area (Å²) in [4.78, 5) is 0. The lowest BCUT2D eigenvalue weighted by atomic mass is 9.71. The summed E-state index contributed by atoms with van der Waals surface area (Å²) in [7, 11) is -1.18. The molecule has 5 rings (SSSR count). The van der Waals surface area contributed by atoms with Gasteiger partial charge < -0.3 is 8.39 Å². The molecule has 0 aliphatic heterocycles. The Morgan fingerprint density at radius 3 is 2.50 bits per heavy atom. The van der Waals surface area contributed by atoms with Gasteiger partial charge >= 0.3 is 8.16 Å². The number of hydrogen-bond donors (Lipinski definition) is 0. The Morgan fingerprint density at radius 2 is 1.70 bits per heavy atom. The van der Waals surface area contributed by atoms with Crippen LogP contribution in [0.1, 0.15) is 94.6 Å². The van der Waals surface area contributed by atoms with E-state index in [0.717, 1.165) is 11.3 Å². The second-order valence-corrected chi connectivity index (χ2v) is 11.3. The summed E-state index contributed by atoms with van der Waals surface area (Å²) in [6.07, 6.45) is 15.0. The number of fused-ring (bicyclic) bond motifs is 7. The van der Waals surface area contributed by atoms with Crippen molar-refractivity contribution < 1.29 is 8.39 Å². The minimum absolute atomic E-state index is 0.370. The van der Waals surface area contributed by atoms with Crippen LogP contribution < -0.4 is 4.67 Å². The van der Waals surface area contributed by atoms with Gasteiger partial charge in [0.15, 0.2) is 0 Å². The molecule has 0 bridgehead atoms. The molecular formula is C26H36NO2P. The molecule has 0 saturated heterocycles. The average molecular weight is 426 g/mol. The highest BCUT2D eigenvalue weighted by atomic mass is 31.1. The van der Waals surface area contributed by atoms with E-state index in [9.17, 15) is 0 Å². The van der Waals surface area contributed by atoms with Crippen molar-refractivity contribution in [3.63, 3.8) is 0 Å². The monoisotopic (exact) mass is 425 g/mol. The molecule has 1 aromatic carbocycles. The Morgan fingerprint density at radius 1 is 0.933 bits per heavy atom. The van der Waals surface area contributed by atoms with Crippen LogP contribution in [0.25, 0.3) is 17.0 Å². The van der Waals surface area contributed by atoms with Gasteiger partial charge in [-0.3, -0.25) is 0 Å². The van der Waals surface area contributed by atoms with Crippen LogP contribution in [0.2, 0.25) is 0 Å². The Labute approximate surface area is 182 Å². The van der Waals surface area contributed by atoms with Crippen molar-refractivity contribution in [2.75, 3.05) is 4.67 Å². The lowest BCUT2D eigenvalue weighted by Crippen LogP contribution is -2.34. The molecular weight excluding hydrogens is 389 g/mol. The molecule has 3 atom stereocenters. The third kappa shape index (κ3) is 3.49. The molecule has 1 aromatic heterocycles. The van der Waals surface area contributed by atoms with Crippen LogP contribution >= 0.6 is 8.16 Å². The summed E-state index contributed by atoms with van der Waals surface area (Å²) < 4.78 is 16.0. The zero-order chi connectivity index (χ0) is 20.8. The van der Waals surface area contributed by atoms with E-state index in [2.05, 4.69) is 56.7 Å². The molecule has 1 saturated carbocycles. The van der Waals surface area contributed by atoms with Gasteiger partial charge in [-0.25, -0.2) is 0 Å². The SMILES string of the molecule is CC(C)N(C(C)C)p1oc2c(c3c4c(ccc3o1)CCCC4)C1CCCCC1C=C2. The highest BCUT2D eigenvalue weighted by Crippen LogP contribution is 2.50. The van der Waals surface area contributed by atoms with Crippen molar-refractivity contribution >= 4 is 25.2 Å².